The first kappa shape index (κ1) is 27.2. The quantitative estimate of drug-likeness (QED) is 0.250. The van der Waals surface area contributed by atoms with Crippen LogP contribution >= 0.6 is 0 Å². The van der Waals surface area contributed by atoms with E-state index in [1.807, 2.05) is 6.07 Å². The van der Waals surface area contributed by atoms with Gasteiger partial charge in [0.2, 0.25) is 0 Å². The summed E-state index contributed by atoms with van der Waals surface area (Å²) in [5.41, 5.74) is 6.30. The lowest BCUT2D eigenvalue weighted by molar-refractivity contribution is 0.182. The second kappa shape index (κ2) is 11.2. The number of piperidine rings is 1. The second-order valence-corrected chi connectivity index (χ2v) is 12.8. The minimum Gasteiger partial charge on any atom is -0.463 e. The maximum absolute atomic E-state index is 6.46. The zero-order chi connectivity index (χ0) is 28.7. The van der Waals surface area contributed by atoms with E-state index in [0.29, 0.717) is 18.5 Å². The van der Waals surface area contributed by atoms with Gasteiger partial charge in [-0.05, 0) is 69.6 Å². The Bertz CT molecular complexity index is 1540. The van der Waals surface area contributed by atoms with Crippen LogP contribution in [0.1, 0.15) is 61.0 Å². The van der Waals surface area contributed by atoms with Crippen molar-refractivity contribution in [3.63, 3.8) is 0 Å². The Morgan fingerprint density at radius 1 is 1.05 bits per heavy atom. The van der Waals surface area contributed by atoms with Crippen molar-refractivity contribution in [2.24, 2.45) is 5.41 Å². The van der Waals surface area contributed by atoms with Gasteiger partial charge in [-0.3, -0.25) is 0 Å². The van der Waals surface area contributed by atoms with E-state index in [-0.39, 0.29) is 5.41 Å². The number of rotatable bonds is 9. The van der Waals surface area contributed by atoms with Crippen LogP contribution in [-0.2, 0) is 19.4 Å². The zero-order valence-electron chi connectivity index (χ0n) is 25.2. The molecule has 1 unspecified atom stereocenters. The maximum atomic E-state index is 6.46. The third kappa shape index (κ3) is 5.33. The molecule has 2 fully saturated rings. The van der Waals surface area contributed by atoms with Gasteiger partial charge in [0.25, 0.3) is 0 Å². The molecule has 1 atom stereocenters. The van der Waals surface area contributed by atoms with Crippen LogP contribution in [0.15, 0.2) is 53.3 Å². The Morgan fingerprint density at radius 3 is 2.67 bits per heavy atom. The first-order valence-electron chi connectivity index (χ1n) is 15.6. The summed E-state index contributed by atoms with van der Waals surface area (Å²) in [5.74, 6) is 1.39. The normalized spacial score (nSPS) is 19.8. The summed E-state index contributed by atoms with van der Waals surface area (Å²) in [6.07, 6.45) is 8.21. The van der Waals surface area contributed by atoms with E-state index in [1.54, 1.807) is 6.26 Å². The fourth-order valence-electron chi connectivity index (χ4n) is 7.13. The highest BCUT2D eigenvalue weighted by atomic mass is 16.5. The van der Waals surface area contributed by atoms with E-state index in [1.165, 1.54) is 40.4 Å². The van der Waals surface area contributed by atoms with Crippen LogP contribution in [0.25, 0.3) is 10.8 Å². The molecule has 0 spiro atoms. The first-order valence-corrected chi connectivity index (χ1v) is 15.6. The minimum absolute atomic E-state index is 0.220. The van der Waals surface area contributed by atoms with E-state index >= 15 is 0 Å². The summed E-state index contributed by atoms with van der Waals surface area (Å²) in [4.78, 5) is 17.5. The number of benzene rings is 2. The number of hydrogen-bond acceptors (Lipinski definition) is 8. The highest BCUT2D eigenvalue weighted by Crippen LogP contribution is 2.46. The summed E-state index contributed by atoms with van der Waals surface area (Å²) < 4.78 is 11.7. The van der Waals surface area contributed by atoms with Crippen molar-refractivity contribution in [2.45, 2.75) is 57.9 Å². The molecular weight excluding hydrogens is 524 g/mol. The van der Waals surface area contributed by atoms with Crippen LogP contribution in [0.3, 0.4) is 0 Å². The number of ether oxygens (including phenoxy) is 1. The van der Waals surface area contributed by atoms with Gasteiger partial charge < -0.3 is 24.0 Å². The van der Waals surface area contributed by atoms with Gasteiger partial charge in [0.15, 0.2) is 0 Å². The lowest BCUT2D eigenvalue weighted by atomic mass is 9.94. The number of fused-ring (bicyclic) bond motifs is 2. The number of aromatic nitrogens is 3. The predicted octanol–water partition coefficient (Wildman–Crippen LogP) is 5.85. The molecule has 3 aliphatic rings. The van der Waals surface area contributed by atoms with Gasteiger partial charge in [0.05, 0.1) is 24.5 Å². The first-order chi connectivity index (χ1) is 20.5. The van der Waals surface area contributed by atoms with Gasteiger partial charge in [-0.15, -0.1) is 0 Å². The average Bonchev–Trinajstić information content (AvgIpc) is 3.54. The smallest absolute Gasteiger partial charge is 0.318 e. The Kier molecular flexibility index (Phi) is 7.26. The second-order valence-electron chi connectivity index (χ2n) is 12.8. The highest BCUT2D eigenvalue weighted by molar-refractivity contribution is 5.97. The minimum atomic E-state index is 0.220. The molecule has 2 aromatic heterocycles. The van der Waals surface area contributed by atoms with Crippen molar-refractivity contribution < 1.29 is 9.26 Å². The number of nitrogens with zero attached hydrogens (tertiary/aromatic N) is 6. The summed E-state index contributed by atoms with van der Waals surface area (Å²) in [6, 6.07) is 15.9. The van der Waals surface area contributed by atoms with Crippen molar-refractivity contribution in [3.8, 4) is 6.01 Å². The lowest BCUT2D eigenvalue weighted by Crippen LogP contribution is -2.38. The average molecular weight is 567 g/mol. The SMILES string of the molecule is CCc1cccc2cccc(N3CCc4c(nc(OCC5(CN(C)C)CC5)nc4N4CCCC(c5ccon5)C4)C3)c12. The van der Waals surface area contributed by atoms with Gasteiger partial charge in [-0.25, -0.2) is 0 Å². The monoisotopic (exact) mass is 566 g/mol. The Hall–Kier alpha value is -3.65. The van der Waals surface area contributed by atoms with Gasteiger partial charge in [-0.1, -0.05) is 42.4 Å². The molecule has 2 aliphatic heterocycles. The van der Waals surface area contributed by atoms with Crippen LogP contribution in [0.5, 0.6) is 6.01 Å². The maximum Gasteiger partial charge on any atom is 0.318 e. The topological polar surface area (TPSA) is 70.8 Å². The number of aryl methyl sites for hydroxylation is 1. The van der Waals surface area contributed by atoms with Crippen molar-refractivity contribution in [1.29, 1.82) is 0 Å². The van der Waals surface area contributed by atoms with E-state index in [4.69, 9.17) is 19.2 Å². The molecule has 4 heterocycles. The van der Waals surface area contributed by atoms with Crippen LogP contribution in [0, 0.1) is 5.41 Å². The van der Waals surface area contributed by atoms with Crippen molar-refractivity contribution in [1.82, 2.24) is 20.0 Å². The molecule has 0 radical (unpaired) electrons. The molecule has 42 heavy (non-hydrogen) atoms. The molecule has 0 N–H and O–H groups in total. The number of anilines is 2. The molecular formula is C34H42N6O2. The zero-order valence-corrected chi connectivity index (χ0v) is 25.2. The van der Waals surface area contributed by atoms with Gasteiger partial charge in [0, 0.05) is 60.2 Å². The molecule has 220 valence electrons. The van der Waals surface area contributed by atoms with E-state index in [0.717, 1.165) is 75.6 Å². The Balaban J connectivity index is 1.23. The van der Waals surface area contributed by atoms with Crippen LogP contribution in [-0.4, -0.2) is 66.9 Å². The predicted molar refractivity (Wildman–Crippen MR) is 167 cm³/mol. The summed E-state index contributed by atoms with van der Waals surface area (Å²) >= 11 is 0. The van der Waals surface area contributed by atoms with E-state index < -0.39 is 0 Å². The molecule has 1 saturated heterocycles. The molecule has 2 aromatic carbocycles. The van der Waals surface area contributed by atoms with Crippen LogP contribution in [0.2, 0.25) is 0 Å². The number of hydrogen-bond donors (Lipinski definition) is 0. The third-order valence-corrected chi connectivity index (χ3v) is 9.43. The summed E-state index contributed by atoms with van der Waals surface area (Å²) in [7, 11) is 4.28. The van der Waals surface area contributed by atoms with E-state index in [2.05, 4.69) is 77.3 Å². The summed E-state index contributed by atoms with van der Waals surface area (Å²) in [6.45, 7) is 7.49. The fourth-order valence-corrected chi connectivity index (χ4v) is 7.13. The molecule has 4 aromatic rings. The van der Waals surface area contributed by atoms with Gasteiger partial charge in [0.1, 0.15) is 12.1 Å². The van der Waals surface area contributed by atoms with Gasteiger partial charge in [-0.2, -0.15) is 9.97 Å². The lowest BCUT2D eigenvalue weighted by Gasteiger charge is -2.37. The molecule has 8 nitrogen and oxygen atoms in total. The largest absolute Gasteiger partial charge is 0.463 e. The molecule has 0 amide bonds. The summed E-state index contributed by atoms with van der Waals surface area (Å²) in [5, 5.41) is 6.94. The van der Waals surface area contributed by atoms with Crippen LogP contribution < -0.4 is 14.5 Å². The van der Waals surface area contributed by atoms with Gasteiger partial charge >= 0.3 is 6.01 Å². The molecule has 7 rings (SSSR count). The van der Waals surface area contributed by atoms with Crippen molar-refractivity contribution in [3.05, 3.63) is 71.2 Å². The van der Waals surface area contributed by atoms with Crippen molar-refractivity contribution in [2.75, 3.05) is 56.7 Å². The fraction of sp³-hybridized carbons (Fsp3) is 0.500. The highest BCUT2D eigenvalue weighted by Gasteiger charge is 2.44. The molecule has 0 bridgehead atoms. The van der Waals surface area contributed by atoms with Crippen molar-refractivity contribution >= 4 is 22.3 Å². The standard InChI is InChI=1S/C34H42N6O2/c1-4-24-8-5-9-25-10-6-12-30(31(24)25)39-18-13-27-29(21-39)35-33(41-23-34(15-16-34)22-38(2)3)36-32(27)40-17-7-11-26(20-40)28-14-19-42-37-28/h5-6,8-10,12,14,19,26H,4,7,11,13,15-18,20-23H2,1-3H3. The third-order valence-electron chi connectivity index (χ3n) is 9.43. The van der Waals surface area contributed by atoms with E-state index in [9.17, 15) is 0 Å². The Labute approximate surface area is 248 Å². The molecule has 1 saturated carbocycles. The van der Waals surface area contributed by atoms with Crippen LogP contribution in [0.4, 0.5) is 11.5 Å². The molecule has 1 aliphatic carbocycles. The molecule has 8 heteroatoms. The Morgan fingerprint density at radius 2 is 1.90 bits per heavy atom.